The number of nitriles is 1. The Kier molecular flexibility index (Phi) is 10.7. The fourth-order valence-corrected chi connectivity index (χ4v) is 6.05. The molecular formula is C29H41F2N. The van der Waals surface area contributed by atoms with E-state index >= 15 is 0 Å². The SMILES string of the molecule is N#Cc1ccc(C2CCC(CCC3CCC(CCCCCC/C=C/F)CC3)CC2)cc1F. The summed E-state index contributed by atoms with van der Waals surface area (Å²) in [6.45, 7) is 0. The van der Waals surface area contributed by atoms with E-state index in [1.165, 1.54) is 77.0 Å². The Morgan fingerprint density at radius 3 is 2.00 bits per heavy atom. The number of hydrogen-bond donors (Lipinski definition) is 0. The van der Waals surface area contributed by atoms with Crippen molar-refractivity contribution in [2.24, 2.45) is 17.8 Å². The Morgan fingerprint density at radius 1 is 0.812 bits per heavy atom. The molecule has 0 heterocycles. The molecule has 0 unspecified atom stereocenters. The first-order valence-electron chi connectivity index (χ1n) is 13.1. The summed E-state index contributed by atoms with van der Waals surface area (Å²) in [4.78, 5) is 0. The zero-order chi connectivity index (χ0) is 22.6. The molecule has 0 amide bonds. The predicted octanol–water partition coefficient (Wildman–Crippen LogP) is 9.38. The van der Waals surface area contributed by atoms with Gasteiger partial charge in [-0.05, 0) is 79.9 Å². The molecule has 2 saturated carbocycles. The molecule has 176 valence electrons. The molecule has 0 saturated heterocycles. The fraction of sp³-hybridized carbons (Fsp3) is 0.690. The molecule has 2 aliphatic carbocycles. The predicted molar refractivity (Wildman–Crippen MR) is 128 cm³/mol. The van der Waals surface area contributed by atoms with Gasteiger partial charge in [0.2, 0.25) is 0 Å². The molecule has 2 aliphatic rings. The number of nitrogens with zero attached hydrogens (tertiary/aromatic N) is 1. The monoisotopic (exact) mass is 441 g/mol. The summed E-state index contributed by atoms with van der Waals surface area (Å²) < 4.78 is 25.9. The van der Waals surface area contributed by atoms with Crippen molar-refractivity contribution in [1.29, 1.82) is 5.26 Å². The van der Waals surface area contributed by atoms with Gasteiger partial charge in [0, 0.05) is 0 Å². The minimum atomic E-state index is -0.367. The van der Waals surface area contributed by atoms with Gasteiger partial charge in [0.15, 0.2) is 0 Å². The number of halogens is 2. The zero-order valence-electron chi connectivity index (χ0n) is 19.7. The lowest BCUT2D eigenvalue weighted by atomic mass is 9.74. The minimum Gasteiger partial charge on any atom is -0.216 e. The largest absolute Gasteiger partial charge is 0.216 e. The number of allylic oxidation sites excluding steroid dienone is 1. The minimum absolute atomic E-state index is 0.153. The maximum absolute atomic E-state index is 13.9. The van der Waals surface area contributed by atoms with Crippen LogP contribution in [0.3, 0.4) is 0 Å². The molecule has 0 radical (unpaired) electrons. The molecule has 0 aromatic heterocycles. The van der Waals surface area contributed by atoms with Crippen LogP contribution in [0.5, 0.6) is 0 Å². The first-order valence-corrected chi connectivity index (χ1v) is 13.1. The molecule has 0 spiro atoms. The number of benzene rings is 1. The highest BCUT2D eigenvalue weighted by molar-refractivity contribution is 5.34. The van der Waals surface area contributed by atoms with Crippen LogP contribution in [-0.4, -0.2) is 0 Å². The number of rotatable bonds is 11. The van der Waals surface area contributed by atoms with Crippen molar-refractivity contribution >= 4 is 0 Å². The lowest BCUT2D eigenvalue weighted by Crippen LogP contribution is -2.18. The van der Waals surface area contributed by atoms with Crippen LogP contribution in [0.1, 0.15) is 120 Å². The van der Waals surface area contributed by atoms with E-state index < -0.39 is 0 Å². The molecule has 32 heavy (non-hydrogen) atoms. The first kappa shape index (κ1) is 24.9. The molecule has 1 aromatic rings. The molecule has 1 aromatic carbocycles. The standard InChI is InChI=1S/C29H41F2N/c30-20-6-4-2-1-3-5-7-23-8-10-24(11-9-23)12-13-25-14-16-26(17-15-25)27-18-19-28(22-32)29(31)21-27/h6,18-21,23-26H,1-5,7-17H2/b20-6+. The van der Waals surface area contributed by atoms with Gasteiger partial charge in [0.1, 0.15) is 11.9 Å². The van der Waals surface area contributed by atoms with E-state index in [0.29, 0.717) is 12.2 Å². The van der Waals surface area contributed by atoms with Gasteiger partial charge >= 0.3 is 0 Å². The maximum Gasteiger partial charge on any atom is 0.141 e. The van der Waals surface area contributed by atoms with Crippen LogP contribution in [-0.2, 0) is 0 Å². The molecule has 2 fully saturated rings. The van der Waals surface area contributed by atoms with Crippen LogP contribution < -0.4 is 0 Å². The van der Waals surface area contributed by atoms with E-state index in [1.54, 1.807) is 18.2 Å². The third kappa shape index (κ3) is 8.02. The van der Waals surface area contributed by atoms with Crippen LogP contribution in [0.25, 0.3) is 0 Å². The van der Waals surface area contributed by atoms with Gasteiger partial charge in [-0.2, -0.15) is 5.26 Å². The lowest BCUT2D eigenvalue weighted by molar-refractivity contribution is 0.222. The Balaban J connectivity index is 1.25. The highest BCUT2D eigenvalue weighted by Gasteiger charge is 2.25. The van der Waals surface area contributed by atoms with Crippen LogP contribution in [0.2, 0.25) is 0 Å². The van der Waals surface area contributed by atoms with Crippen LogP contribution >= 0.6 is 0 Å². The average molecular weight is 442 g/mol. The van der Waals surface area contributed by atoms with Crippen molar-refractivity contribution < 1.29 is 8.78 Å². The van der Waals surface area contributed by atoms with E-state index in [0.717, 1.165) is 49.0 Å². The van der Waals surface area contributed by atoms with E-state index in [1.807, 2.05) is 12.1 Å². The van der Waals surface area contributed by atoms with Gasteiger partial charge in [0.05, 0.1) is 11.9 Å². The number of unbranched alkanes of at least 4 members (excludes halogenated alkanes) is 4. The Morgan fingerprint density at radius 2 is 1.41 bits per heavy atom. The van der Waals surface area contributed by atoms with Crippen molar-refractivity contribution in [1.82, 2.24) is 0 Å². The third-order valence-electron chi connectivity index (χ3n) is 8.20. The average Bonchev–Trinajstić information content (AvgIpc) is 2.83. The van der Waals surface area contributed by atoms with Gasteiger partial charge in [-0.15, -0.1) is 0 Å². The number of hydrogen-bond acceptors (Lipinski definition) is 1. The maximum atomic E-state index is 13.9. The van der Waals surface area contributed by atoms with Gasteiger partial charge in [-0.3, -0.25) is 0 Å². The molecule has 3 rings (SSSR count). The summed E-state index contributed by atoms with van der Waals surface area (Å²) in [5.74, 6) is 2.82. The van der Waals surface area contributed by atoms with E-state index in [4.69, 9.17) is 5.26 Å². The lowest BCUT2D eigenvalue weighted by Gasteiger charge is -2.32. The first-order chi connectivity index (χ1) is 15.7. The summed E-state index contributed by atoms with van der Waals surface area (Å²) in [7, 11) is 0. The Hall–Kier alpha value is -1.69. The van der Waals surface area contributed by atoms with Crippen molar-refractivity contribution in [2.75, 3.05) is 0 Å². The summed E-state index contributed by atoms with van der Waals surface area (Å²) in [5, 5.41) is 8.92. The molecule has 1 nitrogen and oxygen atoms in total. The van der Waals surface area contributed by atoms with E-state index in [9.17, 15) is 8.78 Å². The summed E-state index contributed by atoms with van der Waals surface area (Å²) in [5.41, 5.74) is 1.23. The van der Waals surface area contributed by atoms with Gasteiger partial charge in [-0.1, -0.05) is 76.4 Å². The summed E-state index contributed by atoms with van der Waals surface area (Å²) in [6, 6.07) is 7.10. The molecule has 3 heteroatoms. The van der Waals surface area contributed by atoms with Gasteiger partial charge < -0.3 is 0 Å². The molecule has 0 atom stereocenters. The topological polar surface area (TPSA) is 23.8 Å². The molecule has 0 bridgehead atoms. The molecule has 0 aliphatic heterocycles. The van der Waals surface area contributed by atoms with Crippen molar-refractivity contribution in [2.45, 2.75) is 109 Å². The highest BCUT2D eigenvalue weighted by Crippen LogP contribution is 2.40. The summed E-state index contributed by atoms with van der Waals surface area (Å²) in [6.07, 6.45) is 22.9. The van der Waals surface area contributed by atoms with Crippen molar-refractivity contribution in [3.8, 4) is 6.07 Å². The van der Waals surface area contributed by atoms with Crippen molar-refractivity contribution in [3.63, 3.8) is 0 Å². The summed E-state index contributed by atoms with van der Waals surface area (Å²) >= 11 is 0. The van der Waals surface area contributed by atoms with E-state index in [2.05, 4.69) is 0 Å². The van der Waals surface area contributed by atoms with Gasteiger partial charge in [-0.25, -0.2) is 8.78 Å². The molecule has 0 N–H and O–H groups in total. The normalized spacial score (nSPS) is 26.3. The molecular weight excluding hydrogens is 400 g/mol. The van der Waals surface area contributed by atoms with Crippen LogP contribution in [0, 0.1) is 34.9 Å². The Labute approximate surface area is 194 Å². The second kappa shape index (κ2) is 13.8. The smallest absolute Gasteiger partial charge is 0.141 e. The van der Waals surface area contributed by atoms with Crippen LogP contribution in [0.15, 0.2) is 30.6 Å². The van der Waals surface area contributed by atoms with Crippen LogP contribution in [0.4, 0.5) is 8.78 Å². The third-order valence-corrected chi connectivity index (χ3v) is 8.20. The Bertz CT molecular complexity index is 734. The van der Waals surface area contributed by atoms with Crippen molar-refractivity contribution in [3.05, 3.63) is 47.5 Å². The van der Waals surface area contributed by atoms with Gasteiger partial charge in [0.25, 0.3) is 0 Å². The second-order valence-electron chi connectivity index (χ2n) is 10.4. The van der Waals surface area contributed by atoms with E-state index in [-0.39, 0.29) is 11.4 Å². The second-order valence-corrected chi connectivity index (χ2v) is 10.4. The quantitative estimate of drug-likeness (QED) is 0.314. The fourth-order valence-electron chi connectivity index (χ4n) is 6.05. The highest BCUT2D eigenvalue weighted by atomic mass is 19.1. The zero-order valence-corrected chi connectivity index (χ0v) is 19.7.